The van der Waals surface area contributed by atoms with E-state index in [0.29, 0.717) is 5.56 Å². The third kappa shape index (κ3) is 1.87. The second-order valence-corrected chi connectivity index (χ2v) is 1.67. The Morgan fingerprint density at radius 2 is 1.70 bits per heavy atom. The van der Waals surface area contributed by atoms with E-state index < -0.39 is 5.97 Å². The van der Waals surface area contributed by atoms with Crippen LogP contribution in [0.2, 0.25) is 0 Å². The number of carboxylic acids is 1. The van der Waals surface area contributed by atoms with Crippen LogP contribution >= 0.6 is 0 Å². The minimum absolute atomic E-state index is 0. The highest BCUT2D eigenvalue weighted by molar-refractivity contribution is 5.87. The number of hydrogen-bond donors (Lipinski definition) is 1. The standard InChI is InChI=1S/C7H6O2.N/c8-7(9)6-4-2-1-3-5-6;/h1-5H,(H,8,9);. The Bertz CT molecular complexity index is 208. The molecule has 0 aliphatic carbocycles. The lowest BCUT2D eigenvalue weighted by Crippen LogP contribution is -1.93. The number of hydrogen-bond acceptors (Lipinski definition) is 1. The molecule has 1 aromatic carbocycles. The summed E-state index contributed by atoms with van der Waals surface area (Å²) in [4.78, 5) is 10.2. The summed E-state index contributed by atoms with van der Waals surface area (Å²) in [7, 11) is 0. The predicted molar refractivity (Wildman–Crippen MR) is 35.5 cm³/mol. The molecule has 0 heterocycles. The van der Waals surface area contributed by atoms with Crippen LogP contribution in [-0.2, 0) is 0 Å². The summed E-state index contributed by atoms with van der Waals surface area (Å²) in [5.74, 6) is -0.879. The van der Waals surface area contributed by atoms with Gasteiger partial charge >= 0.3 is 5.97 Å². The number of nitrogens with zero attached hydrogens (tertiary/aromatic N) is 1. The van der Waals surface area contributed by atoms with Gasteiger partial charge in [-0.1, -0.05) is 18.2 Å². The van der Waals surface area contributed by atoms with Gasteiger partial charge in [-0.3, -0.25) is 0 Å². The molecule has 0 aromatic heterocycles. The smallest absolute Gasteiger partial charge is 0.335 e. The van der Waals surface area contributed by atoms with E-state index in [1.165, 1.54) is 0 Å². The van der Waals surface area contributed by atoms with Gasteiger partial charge in [-0.05, 0) is 12.1 Å². The number of carbonyl (C=O) groups is 1. The summed E-state index contributed by atoms with van der Waals surface area (Å²) < 4.78 is 0. The maximum atomic E-state index is 10.2. The van der Waals surface area contributed by atoms with Crippen LogP contribution in [0.15, 0.2) is 30.3 Å². The molecule has 0 unspecified atom stereocenters. The lowest BCUT2D eigenvalue weighted by atomic mass is 10.2. The van der Waals surface area contributed by atoms with Crippen molar-refractivity contribution < 1.29 is 9.90 Å². The molecule has 0 aliphatic rings. The topological polar surface area (TPSA) is 67.8 Å². The zero-order valence-corrected chi connectivity index (χ0v) is 5.19. The average molecular weight is 136 g/mol. The molecule has 0 bridgehead atoms. The molecule has 3 heteroatoms. The van der Waals surface area contributed by atoms with Gasteiger partial charge in [0.15, 0.2) is 0 Å². The van der Waals surface area contributed by atoms with Crippen LogP contribution in [0.25, 0.3) is 0 Å². The summed E-state index contributed by atoms with van der Waals surface area (Å²) in [5, 5.41) is 8.38. The summed E-state index contributed by atoms with van der Waals surface area (Å²) in [6, 6.07) is 8.30. The number of benzene rings is 1. The van der Waals surface area contributed by atoms with Crippen LogP contribution in [0.1, 0.15) is 10.4 Å². The summed E-state index contributed by atoms with van der Waals surface area (Å²) in [5.41, 5.74) is 0.331. The quantitative estimate of drug-likeness (QED) is 0.623. The first-order valence-electron chi connectivity index (χ1n) is 2.59. The van der Waals surface area contributed by atoms with Gasteiger partial charge in [0.1, 0.15) is 0 Å². The van der Waals surface area contributed by atoms with Gasteiger partial charge in [-0.15, -0.1) is 0 Å². The van der Waals surface area contributed by atoms with E-state index in [0.717, 1.165) is 0 Å². The molecule has 3 nitrogen and oxygen atoms in total. The molecule has 0 amide bonds. The molecule has 0 saturated carbocycles. The molecule has 51 valence electrons. The lowest BCUT2D eigenvalue weighted by molar-refractivity contribution is 0.0697. The molecule has 0 atom stereocenters. The Hall–Kier alpha value is -1.35. The van der Waals surface area contributed by atoms with Crippen LogP contribution in [0, 0.1) is 0 Å². The molecule has 10 heavy (non-hydrogen) atoms. The van der Waals surface area contributed by atoms with E-state index in [4.69, 9.17) is 5.11 Å². The molecule has 0 spiro atoms. The highest BCUT2D eigenvalue weighted by Gasteiger charge is 1.96. The van der Waals surface area contributed by atoms with Crippen molar-refractivity contribution in [1.82, 2.24) is 6.15 Å². The fourth-order valence-electron chi connectivity index (χ4n) is 0.581. The molecule has 0 fully saturated rings. The highest BCUT2D eigenvalue weighted by Crippen LogP contribution is 1.96. The van der Waals surface area contributed by atoms with Crippen LogP contribution in [0.3, 0.4) is 0 Å². The zero-order valence-electron chi connectivity index (χ0n) is 5.19. The van der Waals surface area contributed by atoms with Crippen molar-refractivity contribution in [3.63, 3.8) is 0 Å². The molecular formula is C7H6NO2. The van der Waals surface area contributed by atoms with E-state index in [-0.39, 0.29) is 6.15 Å². The molecule has 1 aromatic rings. The zero-order chi connectivity index (χ0) is 6.69. The monoisotopic (exact) mass is 136 g/mol. The Kier molecular flexibility index (Phi) is 3.14. The minimum Gasteiger partial charge on any atom is -0.478 e. The average Bonchev–Trinajstić information content (AvgIpc) is 1.90. The van der Waals surface area contributed by atoms with Gasteiger partial charge in [0.2, 0.25) is 0 Å². The predicted octanol–water partition coefficient (Wildman–Crippen LogP) is 0.904. The van der Waals surface area contributed by atoms with Gasteiger partial charge in [-0.25, -0.2) is 4.79 Å². The van der Waals surface area contributed by atoms with E-state index in [2.05, 4.69) is 0 Å². The van der Waals surface area contributed by atoms with Crippen LogP contribution in [0.5, 0.6) is 0 Å². The van der Waals surface area contributed by atoms with Crippen molar-refractivity contribution in [2.24, 2.45) is 0 Å². The number of aromatic carboxylic acids is 1. The molecule has 0 aliphatic heterocycles. The Morgan fingerprint density at radius 3 is 2.00 bits per heavy atom. The molecule has 1 N–H and O–H groups in total. The Balaban J connectivity index is 0.000000810. The van der Waals surface area contributed by atoms with Crippen LogP contribution in [-0.4, -0.2) is 11.1 Å². The van der Waals surface area contributed by atoms with Gasteiger partial charge in [0.05, 0.1) is 5.56 Å². The fourth-order valence-corrected chi connectivity index (χ4v) is 0.581. The van der Waals surface area contributed by atoms with Crippen molar-refractivity contribution in [3.8, 4) is 0 Å². The second kappa shape index (κ2) is 3.63. The number of rotatable bonds is 1. The Labute approximate surface area is 58.9 Å². The normalized spacial score (nSPS) is 8.00. The third-order valence-corrected chi connectivity index (χ3v) is 1.02. The minimum atomic E-state index is -0.879. The number of carboxylic acid groups (broad SMARTS) is 1. The van der Waals surface area contributed by atoms with Gasteiger partial charge in [0, 0.05) is 6.15 Å². The van der Waals surface area contributed by atoms with Crippen LogP contribution in [0.4, 0.5) is 0 Å². The first-order valence-corrected chi connectivity index (χ1v) is 2.59. The SMILES string of the molecule is O=C(O)c1ccccc1.[N]. The molecule has 1 rings (SSSR count). The first-order chi connectivity index (χ1) is 4.30. The maximum absolute atomic E-state index is 10.2. The Morgan fingerprint density at radius 1 is 1.20 bits per heavy atom. The molecule has 0 saturated heterocycles. The van der Waals surface area contributed by atoms with Crippen LogP contribution < -0.4 is 6.15 Å². The van der Waals surface area contributed by atoms with Gasteiger partial charge < -0.3 is 5.11 Å². The maximum Gasteiger partial charge on any atom is 0.335 e. The molecule has 3 radical (unpaired) electrons. The van der Waals surface area contributed by atoms with E-state index in [9.17, 15) is 4.79 Å². The molecular weight excluding hydrogens is 130 g/mol. The van der Waals surface area contributed by atoms with Gasteiger partial charge in [-0.2, -0.15) is 0 Å². The largest absolute Gasteiger partial charge is 0.478 e. The second-order valence-electron chi connectivity index (χ2n) is 1.67. The van der Waals surface area contributed by atoms with E-state index >= 15 is 0 Å². The van der Waals surface area contributed by atoms with E-state index in [1.54, 1.807) is 30.3 Å². The fraction of sp³-hybridized carbons (Fsp3) is 0. The third-order valence-electron chi connectivity index (χ3n) is 1.02. The van der Waals surface area contributed by atoms with Crippen molar-refractivity contribution in [2.45, 2.75) is 0 Å². The first kappa shape index (κ1) is 8.65. The van der Waals surface area contributed by atoms with Crippen molar-refractivity contribution in [1.29, 1.82) is 0 Å². The lowest BCUT2D eigenvalue weighted by Gasteiger charge is -1.88. The highest BCUT2D eigenvalue weighted by atomic mass is 16.4. The van der Waals surface area contributed by atoms with Gasteiger partial charge in [0.25, 0.3) is 0 Å². The van der Waals surface area contributed by atoms with Crippen molar-refractivity contribution in [2.75, 3.05) is 0 Å². The summed E-state index contributed by atoms with van der Waals surface area (Å²) in [6.45, 7) is 0. The van der Waals surface area contributed by atoms with Crippen molar-refractivity contribution in [3.05, 3.63) is 35.9 Å². The summed E-state index contributed by atoms with van der Waals surface area (Å²) >= 11 is 0. The van der Waals surface area contributed by atoms with Crippen molar-refractivity contribution >= 4 is 5.97 Å². The van der Waals surface area contributed by atoms with E-state index in [1.807, 2.05) is 0 Å². The summed E-state index contributed by atoms with van der Waals surface area (Å²) in [6.07, 6.45) is 0.